The normalized spacial score (nSPS) is 20.2. The Bertz CT molecular complexity index is 881. The van der Waals surface area contributed by atoms with Crippen molar-refractivity contribution in [2.75, 3.05) is 26.7 Å². The van der Waals surface area contributed by atoms with Crippen LogP contribution in [0.15, 0.2) is 23.1 Å². The molecule has 1 aliphatic carbocycles. The number of sulfonamides is 1. The number of hydrogen-bond acceptors (Lipinski definition) is 5. The Hall–Kier alpha value is -2.13. The predicted octanol–water partition coefficient (Wildman–Crippen LogP) is 1.90. The van der Waals surface area contributed by atoms with Crippen molar-refractivity contribution < 1.29 is 22.7 Å². The van der Waals surface area contributed by atoms with E-state index < -0.39 is 10.0 Å². The summed E-state index contributed by atoms with van der Waals surface area (Å²) in [7, 11) is -2.40. The van der Waals surface area contributed by atoms with Gasteiger partial charge in [-0.2, -0.15) is 0 Å². The van der Waals surface area contributed by atoms with Gasteiger partial charge in [0.2, 0.25) is 15.9 Å². The Balaban J connectivity index is 1.81. The number of hydrogen-bond donors (Lipinski definition) is 2. The molecule has 9 heteroatoms. The van der Waals surface area contributed by atoms with Crippen LogP contribution in [-0.2, 0) is 14.8 Å². The van der Waals surface area contributed by atoms with Crippen molar-refractivity contribution in [1.82, 2.24) is 14.9 Å². The molecular formula is C21H31N3O5S. The van der Waals surface area contributed by atoms with Crippen LogP contribution in [0.4, 0.5) is 0 Å². The van der Waals surface area contributed by atoms with Crippen LogP contribution in [0, 0.1) is 5.92 Å². The smallest absolute Gasteiger partial charge is 0.253 e. The monoisotopic (exact) mass is 437 g/mol. The second kappa shape index (κ2) is 9.78. The fraction of sp³-hybridized carbons (Fsp3) is 0.619. The zero-order valence-electron chi connectivity index (χ0n) is 17.6. The molecule has 2 amide bonds. The molecule has 0 bridgehead atoms. The molecule has 1 heterocycles. The SMILES string of the molecule is CCNC(=O)C1CCCN(C(=O)c2ccc(OC)c(S(=O)(=O)NC3CCCC3)c2)C1. The lowest BCUT2D eigenvalue weighted by molar-refractivity contribution is -0.126. The zero-order chi connectivity index (χ0) is 21.7. The summed E-state index contributed by atoms with van der Waals surface area (Å²) in [6, 6.07) is 4.39. The van der Waals surface area contributed by atoms with Crippen LogP contribution in [-0.4, -0.2) is 57.9 Å². The molecule has 1 unspecified atom stereocenters. The molecule has 0 spiro atoms. The minimum atomic E-state index is -3.81. The Kier molecular flexibility index (Phi) is 7.36. The van der Waals surface area contributed by atoms with Gasteiger partial charge in [0.25, 0.3) is 5.91 Å². The zero-order valence-corrected chi connectivity index (χ0v) is 18.5. The maximum atomic E-state index is 13.1. The average Bonchev–Trinajstić information content (AvgIpc) is 3.25. The molecule has 1 saturated heterocycles. The number of likely N-dealkylation sites (tertiary alicyclic amines) is 1. The number of amides is 2. The minimum absolute atomic E-state index is 0.0277. The molecule has 1 aromatic carbocycles. The van der Waals surface area contributed by atoms with E-state index in [2.05, 4.69) is 10.0 Å². The molecule has 1 aromatic rings. The number of carbonyl (C=O) groups is 2. The molecule has 1 atom stereocenters. The van der Waals surface area contributed by atoms with Crippen LogP contribution in [0.5, 0.6) is 5.75 Å². The first kappa shape index (κ1) is 22.6. The molecule has 30 heavy (non-hydrogen) atoms. The van der Waals surface area contributed by atoms with E-state index in [-0.39, 0.29) is 40.0 Å². The van der Waals surface area contributed by atoms with Gasteiger partial charge in [-0.05, 0) is 50.8 Å². The van der Waals surface area contributed by atoms with Crippen molar-refractivity contribution in [2.24, 2.45) is 5.92 Å². The van der Waals surface area contributed by atoms with Gasteiger partial charge < -0.3 is 15.0 Å². The van der Waals surface area contributed by atoms with Crippen molar-refractivity contribution in [1.29, 1.82) is 0 Å². The van der Waals surface area contributed by atoms with Crippen molar-refractivity contribution in [3.05, 3.63) is 23.8 Å². The molecule has 0 aromatic heterocycles. The number of carbonyl (C=O) groups excluding carboxylic acids is 2. The maximum absolute atomic E-state index is 13.1. The molecule has 1 aliphatic heterocycles. The lowest BCUT2D eigenvalue weighted by Crippen LogP contribution is -2.45. The van der Waals surface area contributed by atoms with Gasteiger partial charge in [0.1, 0.15) is 10.6 Å². The number of methoxy groups -OCH3 is 1. The Morgan fingerprint density at radius 1 is 1.17 bits per heavy atom. The third-order valence-corrected chi connectivity index (χ3v) is 7.35. The minimum Gasteiger partial charge on any atom is -0.495 e. The standard InChI is InChI=1S/C21H31N3O5S/c1-3-22-20(25)16-7-6-12-24(14-16)21(26)15-10-11-18(29-2)19(13-15)30(27,28)23-17-8-4-5-9-17/h10-11,13,16-17,23H,3-9,12,14H2,1-2H3,(H,22,25). The lowest BCUT2D eigenvalue weighted by atomic mass is 9.96. The summed E-state index contributed by atoms with van der Waals surface area (Å²) < 4.78 is 33.9. The summed E-state index contributed by atoms with van der Waals surface area (Å²) in [6.07, 6.45) is 5.11. The summed E-state index contributed by atoms with van der Waals surface area (Å²) in [4.78, 5) is 26.9. The quantitative estimate of drug-likeness (QED) is 0.678. The first-order valence-corrected chi connectivity index (χ1v) is 12.1. The van der Waals surface area contributed by atoms with Gasteiger partial charge in [-0.15, -0.1) is 0 Å². The first-order chi connectivity index (χ1) is 14.4. The van der Waals surface area contributed by atoms with Crippen molar-refractivity contribution >= 4 is 21.8 Å². The van der Waals surface area contributed by atoms with Gasteiger partial charge in [-0.25, -0.2) is 13.1 Å². The highest BCUT2D eigenvalue weighted by Gasteiger charge is 2.31. The molecule has 2 fully saturated rings. The molecule has 0 radical (unpaired) electrons. The fourth-order valence-electron chi connectivity index (χ4n) is 4.22. The van der Waals surface area contributed by atoms with Crippen LogP contribution in [0.3, 0.4) is 0 Å². The largest absolute Gasteiger partial charge is 0.495 e. The maximum Gasteiger partial charge on any atom is 0.253 e. The molecule has 2 N–H and O–H groups in total. The van der Waals surface area contributed by atoms with Gasteiger partial charge >= 0.3 is 0 Å². The van der Waals surface area contributed by atoms with Gasteiger partial charge in [0, 0.05) is 31.2 Å². The number of piperidine rings is 1. The number of benzene rings is 1. The van der Waals surface area contributed by atoms with E-state index in [1.165, 1.54) is 19.2 Å². The average molecular weight is 438 g/mol. The van der Waals surface area contributed by atoms with E-state index >= 15 is 0 Å². The highest BCUT2D eigenvalue weighted by atomic mass is 32.2. The summed E-state index contributed by atoms with van der Waals surface area (Å²) in [5, 5.41) is 2.81. The van der Waals surface area contributed by atoms with E-state index in [4.69, 9.17) is 4.74 Å². The number of nitrogens with one attached hydrogen (secondary N) is 2. The van der Waals surface area contributed by atoms with Crippen molar-refractivity contribution in [2.45, 2.75) is 56.4 Å². The van der Waals surface area contributed by atoms with E-state index in [0.29, 0.717) is 19.6 Å². The Labute approximate surface area is 178 Å². The van der Waals surface area contributed by atoms with E-state index in [1.807, 2.05) is 6.92 Å². The summed E-state index contributed by atoms with van der Waals surface area (Å²) in [5.41, 5.74) is 0.277. The predicted molar refractivity (Wildman–Crippen MR) is 113 cm³/mol. The van der Waals surface area contributed by atoms with Gasteiger partial charge in [-0.1, -0.05) is 12.8 Å². The Morgan fingerprint density at radius 2 is 1.90 bits per heavy atom. The molecule has 8 nitrogen and oxygen atoms in total. The van der Waals surface area contributed by atoms with Crippen LogP contribution < -0.4 is 14.8 Å². The topological polar surface area (TPSA) is 105 Å². The van der Waals surface area contributed by atoms with Crippen LogP contribution in [0.2, 0.25) is 0 Å². The van der Waals surface area contributed by atoms with E-state index in [9.17, 15) is 18.0 Å². The van der Waals surface area contributed by atoms with Crippen LogP contribution in [0.25, 0.3) is 0 Å². The third-order valence-electron chi connectivity index (χ3n) is 5.81. The van der Waals surface area contributed by atoms with Gasteiger partial charge in [0.15, 0.2) is 0 Å². The summed E-state index contributed by atoms with van der Waals surface area (Å²) in [6.45, 7) is 3.29. The number of nitrogens with zero attached hydrogens (tertiary/aromatic N) is 1. The van der Waals surface area contributed by atoms with E-state index in [1.54, 1.807) is 11.0 Å². The molecular weight excluding hydrogens is 406 g/mol. The fourth-order valence-corrected chi connectivity index (χ4v) is 5.72. The molecule has 3 rings (SSSR count). The number of rotatable bonds is 7. The van der Waals surface area contributed by atoms with Gasteiger partial charge in [0.05, 0.1) is 13.0 Å². The second-order valence-corrected chi connectivity index (χ2v) is 9.64. The second-order valence-electron chi connectivity index (χ2n) is 7.95. The van der Waals surface area contributed by atoms with Crippen LogP contribution >= 0.6 is 0 Å². The molecule has 2 aliphatic rings. The first-order valence-electron chi connectivity index (χ1n) is 10.6. The van der Waals surface area contributed by atoms with Crippen molar-refractivity contribution in [3.8, 4) is 5.75 Å². The van der Waals surface area contributed by atoms with E-state index in [0.717, 1.165) is 38.5 Å². The number of ether oxygens (including phenoxy) is 1. The lowest BCUT2D eigenvalue weighted by Gasteiger charge is -2.32. The third kappa shape index (κ3) is 5.13. The summed E-state index contributed by atoms with van der Waals surface area (Å²) in [5.74, 6) is -0.359. The van der Waals surface area contributed by atoms with Gasteiger partial charge in [-0.3, -0.25) is 9.59 Å². The molecule has 166 valence electrons. The Morgan fingerprint density at radius 3 is 2.57 bits per heavy atom. The molecule has 1 saturated carbocycles. The van der Waals surface area contributed by atoms with Crippen LogP contribution in [0.1, 0.15) is 55.8 Å². The van der Waals surface area contributed by atoms with Crippen molar-refractivity contribution in [3.63, 3.8) is 0 Å². The summed E-state index contributed by atoms with van der Waals surface area (Å²) >= 11 is 0. The highest BCUT2D eigenvalue weighted by molar-refractivity contribution is 7.89. The highest BCUT2D eigenvalue weighted by Crippen LogP contribution is 2.28.